The minimum Gasteiger partial charge on any atom is -0.265 e. The lowest BCUT2D eigenvalue weighted by molar-refractivity contribution is 0.245. The highest BCUT2D eigenvalue weighted by atomic mass is 32.2. The molecule has 1 heterocycles. The van der Waals surface area contributed by atoms with Crippen LogP contribution in [0.4, 0.5) is 0 Å². The summed E-state index contributed by atoms with van der Waals surface area (Å²) < 4.78 is 29.6. The van der Waals surface area contributed by atoms with E-state index >= 15 is 0 Å². The van der Waals surface area contributed by atoms with Gasteiger partial charge < -0.3 is 0 Å². The van der Waals surface area contributed by atoms with Crippen molar-refractivity contribution in [2.45, 2.75) is 31.1 Å². The predicted octanol–water partition coefficient (Wildman–Crippen LogP) is 3.07. The van der Waals surface area contributed by atoms with Gasteiger partial charge in [-0.05, 0) is 36.8 Å². The molecule has 0 aliphatic heterocycles. The second-order valence-electron chi connectivity index (χ2n) is 5.65. The fourth-order valence-electron chi connectivity index (χ4n) is 1.88. The Morgan fingerprint density at radius 2 is 1.62 bits per heavy atom. The van der Waals surface area contributed by atoms with Crippen molar-refractivity contribution in [1.29, 1.82) is 0 Å². The van der Waals surface area contributed by atoms with E-state index in [2.05, 4.69) is 4.98 Å². The molecule has 0 fully saturated rings. The van der Waals surface area contributed by atoms with Crippen molar-refractivity contribution in [2.75, 3.05) is 6.61 Å². The van der Waals surface area contributed by atoms with Crippen LogP contribution in [-0.2, 0) is 19.7 Å². The first-order valence-corrected chi connectivity index (χ1v) is 8.09. The monoisotopic (exact) mass is 305 g/mol. The molecule has 1 aromatic heterocycles. The summed E-state index contributed by atoms with van der Waals surface area (Å²) in [6, 6.07) is 10.4. The average molecular weight is 305 g/mol. The molecule has 2 rings (SSSR count). The summed E-state index contributed by atoms with van der Waals surface area (Å²) in [5.41, 5.74) is 1.57. The van der Waals surface area contributed by atoms with Crippen molar-refractivity contribution >= 4 is 10.1 Å². The van der Waals surface area contributed by atoms with Crippen LogP contribution in [0.2, 0.25) is 0 Å². The van der Waals surface area contributed by atoms with Gasteiger partial charge in [-0.2, -0.15) is 8.42 Å². The predicted molar refractivity (Wildman–Crippen MR) is 81.6 cm³/mol. The molecule has 0 aliphatic rings. The number of hydrogen-bond acceptors (Lipinski definition) is 4. The number of pyridine rings is 1. The molecule has 0 N–H and O–H groups in total. The number of nitrogens with zero attached hydrogens (tertiary/aromatic N) is 1. The third-order valence-corrected chi connectivity index (χ3v) is 4.62. The highest BCUT2D eigenvalue weighted by Crippen LogP contribution is 2.25. The largest absolute Gasteiger partial charge is 0.297 e. The van der Waals surface area contributed by atoms with E-state index in [1.54, 1.807) is 36.7 Å². The smallest absolute Gasteiger partial charge is 0.265 e. The number of rotatable bonds is 5. The summed E-state index contributed by atoms with van der Waals surface area (Å²) in [4.78, 5) is 4.14. The van der Waals surface area contributed by atoms with Crippen LogP contribution in [0.1, 0.15) is 25.0 Å². The first kappa shape index (κ1) is 15.7. The van der Waals surface area contributed by atoms with Crippen LogP contribution in [-0.4, -0.2) is 20.0 Å². The topological polar surface area (TPSA) is 56.3 Å². The molecule has 0 aliphatic carbocycles. The Balaban J connectivity index is 2.13. The first-order valence-electron chi connectivity index (χ1n) is 6.68. The minimum atomic E-state index is -3.73. The molecule has 0 unspecified atom stereocenters. The van der Waals surface area contributed by atoms with Crippen molar-refractivity contribution in [3.8, 4) is 0 Å². The Morgan fingerprint density at radius 3 is 2.19 bits per heavy atom. The lowest BCUT2D eigenvalue weighted by atomic mass is 9.86. The van der Waals surface area contributed by atoms with Crippen LogP contribution in [0.25, 0.3) is 0 Å². The molecule has 1 aromatic carbocycles. The van der Waals surface area contributed by atoms with Gasteiger partial charge in [0, 0.05) is 17.8 Å². The van der Waals surface area contributed by atoms with Gasteiger partial charge in [-0.15, -0.1) is 0 Å². The van der Waals surface area contributed by atoms with E-state index in [9.17, 15) is 8.42 Å². The molecule has 0 saturated heterocycles. The summed E-state index contributed by atoms with van der Waals surface area (Å²) in [6.07, 6.45) is 3.37. The summed E-state index contributed by atoms with van der Waals surface area (Å²) in [5.74, 6) is 0. The van der Waals surface area contributed by atoms with Crippen LogP contribution in [0.3, 0.4) is 0 Å². The number of aryl methyl sites for hydroxylation is 1. The lowest BCUT2D eigenvalue weighted by Gasteiger charge is -2.24. The van der Waals surface area contributed by atoms with Crippen LogP contribution in [0, 0.1) is 6.92 Å². The number of hydrogen-bond donors (Lipinski definition) is 0. The van der Waals surface area contributed by atoms with Crippen molar-refractivity contribution in [1.82, 2.24) is 4.98 Å². The molecule has 0 atom stereocenters. The molecule has 0 spiro atoms. The molecule has 4 nitrogen and oxygen atoms in total. The molecule has 2 aromatic rings. The summed E-state index contributed by atoms with van der Waals surface area (Å²) in [6.45, 7) is 5.86. The van der Waals surface area contributed by atoms with Gasteiger partial charge in [0.1, 0.15) is 0 Å². The molecule has 0 amide bonds. The van der Waals surface area contributed by atoms with Gasteiger partial charge in [0.25, 0.3) is 10.1 Å². The fraction of sp³-hybridized carbons (Fsp3) is 0.312. The van der Waals surface area contributed by atoms with E-state index in [-0.39, 0.29) is 11.5 Å². The van der Waals surface area contributed by atoms with Crippen molar-refractivity contribution in [3.63, 3.8) is 0 Å². The van der Waals surface area contributed by atoms with Gasteiger partial charge in [-0.25, -0.2) is 0 Å². The van der Waals surface area contributed by atoms with Crippen LogP contribution in [0.15, 0.2) is 53.7 Å². The van der Waals surface area contributed by atoms with Crippen LogP contribution >= 0.6 is 0 Å². The zero-order valence-corrected chi connectivity index (χ0v) is 13.2. The quantitative estimate of drug-likeness (QED) is 0.797. The van der Waals surface area contributed by atoms with Gasteiger partial charge in [0.2, 0.25) is 0 Å². The lowest BCUT2D eigenvalue weighted by Crippen LogP contribution is -2.26. The second-order valence-corrected chi connectivity index (χ2v) is 7.26. The Labute approximate surface area is 125 Å². The Morgan fingerprint density at radius 1 is 1.05 bits per heavy atom. The fourth-order valence-corrected chi connectivity index (χ4v) is 2.94. The third kappa shape index (κ3) is 3.89. The van der Waals surface area contributed by atoms with Crippen LogP contribution in [0.5, 0.6) is 0 Å². The van der Waals surface area contributed by atoms with Gasteiger partial charge >= 0.3 is 0 Å². The molecule has 5 heteroatoms. The summed E-state index contributed by atoms with van der Waals surface area (Å²) in [7, 11) is -3.73. The van der Waals surface area contributed by atoms with E-state index in [1.807, 2.05) is 32.9 Å². The SMILES string of the molecule is Cc1ccc(S(=O)(=O)OCC(C)(C)c2ccncc2)cc1. The first-order chi connectivity index (χ1) is 9.81. The molecular formula is C16H19NO3S. The normalized spacial score (nSPS) is 12.3. The van der Waals surface area contributed by atoms with Crippen LogP contribution < -0.4 is 0 Å². The molecule has 0 saturated carbocycles. The molecular weight excluding hydrogens is 286 g/mol. The van der Waals surface area contributed by atoms with E-state index in [0.29, 0.717) is 0 Å². The molecule has 21 heavy (non-hydrogen) atoms. The van der Waals surface area contributed by atoms with Gasteiger partial charge in [0.05, 0.1) is 11.5 Å². The van der Waals surface area contributed by atoms with Gasteiger partial charge in [-0.3, -0.25) is 9.17 Å². The maximum Gasteiger partial charge on any atom is 0.297 e. The minimum absolute atomic E-state index is 0.0766. The molecule has 0 radical (unpaired) electrons. The maximum atomic E-state index is 12.2. The highest BCUT2D eigenvalue weighted by Gasteiger charge is 2.25. The second kappa shape index (κ2) is 5.95. The highest BCUT2D eigenvalue weighted by molar-refractivity contribution is 7.86. The third-order valence-electron chi connectivity index (χ3n) is 3.35. The zero-order chi connectivity index (χ0) is 15.5. The van der Waals surface area contributed by atoms with Crippen molar-refractivity contribution in [3.05, 3.63) is 59.9 Å². The van der Waals surface area contributed by atoms with Crippen molar-refractivity contribution < 1.29 is 12.6 Å². The van der Waals surface area contributed by atoms with E-state index in [1.165, 1.54) is 0 Å². The molecule has 112 valence electrons. The number of benzene rings is 1. The maximum absolute atomic E-state index is 12.2. The zero-order valence-electron chi connectivity index (χ0n) is 12.4. The Kier molecular flexibility index (Phi) is 4.44. The standard InChI is InChI=1S/C16H19NO3S/c1-13-4-6-15(7-5-13)21(18,19)20-12-16(2,3)14-8-10-17-11-9-14/h4-11H,12H2,1-3H3. The van der Waals surface area contributed by atoms with Crippen molar-refractivity contribution in [2.24, 2.45) is 0 Å². The summed E-state index contributed by atoms with van der Waals surface area (Å²) in [5, 5.41) is 0. The van der Waals surface area contributed by atoms with E-state index < -0.39 is 15.5 Å². The van der Waals surface area contributed by atoms with Gasteiger partial charge in [-0.1, -0.05) is 31.5 Å². The van der Waals surface area contributed by atoms with E-state index in [0.717, 1.165) is 11.1 Å². The number of aromatic nitrogens is 1. The Hall–Kier alpha value is -1.72. The summed E-state index contributed by atoms with van der Waals surface area (Å²) >= 11 is 0. The average Bonchev–Trinajstić information content (AvgIpc) is 2.47. The van der Waals surface area contributed by atoms with E-state index in [4.69, 9.17) is 4.18 Å². The van der Waals surface area contributed by atoms with Gasteiger partial charge in [0.15, 0.2) is 0 Å². The Bertz CT molecular complexity index is 692. The molecule has 0 bridgehead atoms.